The summed E-state index contributed by atoms with van der Waals surface area (Å²) in [6.45, 7) is 0. The van der Waals surface area contributed by atoms with Gasteiger partial charge in [-0.25, -0.2) is 14.3 Å². The summed E-state index contributed by atoms with van der Waals surface area (Å²) in [5, 5.41) is 15.1. The zero-order valence-electron chi connectivity index (χ0n) is 18.2. The third-order valence-corrected chi connectivity index (χ3v) is 5.80. The van der Waals surface area contributed by atoms with Gasteiger partial charge in [0.05, 0.1) is 16.9 Å². The molecule has 35 heavy (non-hydrogen) atoms. The van der Waals surface area contributed by atoms with E-state index in [4.69, 9.17) is 21.1 Å². The summed E-state index contributed by atoms with van der Waals surface area (Å²) >= 11 is 5.99. The fourth-order valence-electron chi connectivity index (χ4n) is 3.88. The van der Waals surface area contributed by atoms with E-state index in [1.807, 2.05) is 48.5 Å². The van der Waals surface area contributed by atoms with Crippen LogP contribution >= 0.6 is 11.6 Å². The summed E-state index contributed by atoms with van der Waals surface area (Å²) in [6, 6.07) is 27.6. The van der Waals surface area contributed by atoms with Gasteiger partial charge in [0.1, 0.15) is 11.3 Å². The summed E-state index contributed by atoms with van der Waals surface area (Å²) in [5.41, 5.74) is 4.00. The Labute approximate surface area is 204 Å². The van der Waals surface area contributed by atoms with Crippen molar-refractivity contribution in [3.8, 4) is 22.5 Å². The summed E-state index contributed by atoms with van der Waals surface area (Å²) in [6.07, 6.45) is 1.62. The van der Waals surface area contributed by atoms with E-state index < -0.39 is 5.63 Å². The molecule has 6 rings (SSSR count). The average Bonchev–Trinajstić information content (AvgIpc) is 3.27. The van der Waals surface area contributed by atoms with E-state index in [-0.39, 0.29) is 0 Å². The number of nitrogens with zero attached hydrogens (tertiary/aromatic N) is 5. The Bertz CT molecular complexity index is 1770. The van der Waals surface area contributed by atoms with Crippen molar-refractivity contribution < 1.29 is 4.42 Å². The van der Waals surface area contributed by atoms with Crippen LogP contribution in [0.15, 0.2) is 117 Å². The minimum Gasteiger partial charge on any atom is -0.422 e. The van der Waals surface area contributed by atoms with Gasteiger partial charge in [-0.15, -0.1) is 5.11 Å². The van der Waals surface area contributed by atoms with Crippen LogP contribution in [-0.2, 0) is 0 Å². The van der Waals surface area contributed by atoms with Crippen LogP contribution in [0.3, 0.4) is 0 Å². The number of halogens is 1. The molecule has 0 radical (unpaired) electrons. The second-order valence-electron chi connectivity index (χ2n) is 7.79. The maximum absolute atomic E-state index is 12.9. The minimum atomic E-state index is -0.461. The quantitative estimate of drug-likeness (QED) is 0.198. The van der Waals surface area contributed by atoms with Crippen LogP contribution in [0, 0.1) is 0 Å². The Morgan fingerprint density at radius 3 is 2.46 bits per heavy atom. The van der Waals surface area contributed by atoms with E-state index in [1.54, 1.807) is 53.2 Å². The van der Waals surface area contributed by atoms with E-state index in [0.29, 0.717) is 44.6 Å². The van der Waals surface area contributed by atoms with Gasteiger partial charge in [0.25, 0.3) is 0 Å². The van der Waals surface area contributed by atoms with Crippen LogP contribution in [-0.4, -0.2) is 14.6 Å². The fourth-order valence-corrected chi connectivity index (χ4v) is 4.00. The maximum Gasteiger partial charge on any atom is 0.345 e. The van der Waals surface area contributed by atoms with Gasteiger partial charge in [0.15, 0.2) is 11.3 Å². The number of hydrogen-bond acceptors (Lipinski definition) is 6. The predicted octanol–water partition coefficient (Wildman–Crippen LogP) is 7.24. The van der Waals surface area contributed by atoms with Gasteiger partial charge in [0.2, 0.25) is 0 Å². The van der Waals surface area contributed by atoms with Crippen LogP contribution in [0.2, 0.25) is 5.02 Å². The average molecular weight is 478 g/mol. The van der Waals surface area contributed by atoms with Crippen LogP contribution in [0.4, 0.5) is 11.4 Å². The normalized spacial score (nSPS) is 11.6. The smallest absolute Gasteiger partial charge is 0.345 e. The zero-order chi connectivity index (χ0) is 23.8. The first-order valence-electron chi connectivity index (χ1n) is 10.8. The lowest BCUT2D eigenvalue weighted by atomic mass is 10.1. The second kappa shape index (κ2) is 8.62. The monoisotopic (exact) mass is 477 g/mol. The molecule has 3 heterocycles. The molecule has 0 amide bonds. The molecule has 0 fully saturated rings. The summed E-state index contributed by atoms with van der Waals surface area (Å²) in [5.74, 6) is 0. The van der Waals surface area contributed by atoms with Crippen LogP contribution in [0.1, 0.15) is 0 Å². The van der Waals surface area contributed by atoms with Gasteiger partial charge in [0, 0.05) is 22.2 Å². The Morgan fingerprint density at radius 2 is 1.63 bits per heavy atom. The molecule has 8 heteroatoms. The third kappa shape index (κ3) is 3.88. The molecule has 7 nitrogen and oxygen atoms in total. The van der Waals surface area contributed by atoms with Gasteiger partial charge in [-0.05, 0) is 42.5 Å². The van der Waals surface area contributed by atoms with E-state index >= 15 is 0 Å². The molecule has 3 aromatic heterocycles. The number of azo groups is 1. The van der Waals surface area contributed by atoms with Crippen molar-refractivity contribution in [1.82, 2.24) is 14.6 Å². The molecule has 0 N–H and O–H groups in total. The van der Waals surface area contributed by atoms with Gasteiger partial charge < -0.3 is 4.42 Å². The lowest BCUT2D eigenvalue weighted by Crippen LogP contribution is -2.07. The molecule has 0 aliphatic heterocycles. The van der Waals surface area contributed by atoms with E-state index in [0.717, 1.165) is 10.9 Å². The highest BCUT2D eigenvalue weighted by atomic mass is 35.5. The molecular formula is C27H16ClN5O2. The molecule has 0 saturated heterocycles. The lowest BCUT2D eigenvalue weighted by Gasteiger charge is -2.04. The van der Waals surface area contributed by atoms with E-state index in [9.17, 15) is 4.79 Å². The van der Waals surface area contributed by atoms with Crippen molar-refractivity contribution >= 4 is 39.6 Å². The first kappa shape index (κ1) is 20.9. The highest BCUT2D eigenvalue weighted by molar-refractivity contribution is 6.30. The zero-order valence-corrected chi connectivity index (χ0v) is 18.9. The van der Waals surface area contributed by atoms with Crippen molar-refractivity contribution in [2.75, 3.05) is 0 Å². The maximum atomic E-state index is 12.9. The van der Waals surface area contributed by atoms with Crippen molar-refractivity contribution in [2.45, 2.75) is 0 Å². The van der Waals surface area contributed by atoms with Crippen molar-refractivity contribution in [2.24, 2.45) is 10.2 Å². The Kier molecular flexibility index (Phi) is 5.16. The minimum absolute atomic E-state index is 0.374. The first-order chi connectivity index (χ1) is 17.2. The number of benzene rings is 3. The van der Waals surface area contributed by atoms with Crippen LogP contribution < -0.4 is 5.63 Å². The van der Waals surface area contributed by atoms with E-state index in [2.05, 4.69) is 15.2 Å². The number of hydrogen-bond donors (Lipinski definition) is 0. The summed E-state index contributed by atoms with van der Waals surface area (Å²) in [7, 11) is 0. The van der Waals surface area contributed by atoms with Gasteiger partial charge in [-0.3, -0.25) is 0 Å². The third-order valence-electron chi connectivity index (χ3n) is 5.55. The molecule has 0 spiro atoms. The van der Waals surface area contributed by atoms with Crippen LogP contribution in [0.25, 0.3) is 39.1 Å². The second-order valence-corrected chi connectivity index (χ2v) is 8.23. The van der Waals surface area contributed by atoms with Crippen molar-refractivity contribution in [3.63, 3.8) is 0 Å². The molecule has 0 unspecified atom stereocenters. The molecule has 3 aromatic carbocycles. The SMILES string of the molecule is O=c1oc2ccccc2cc1-c1ccnc2c(N=Nc3ccc(Cl)cc3)c(-c3ccccc3)nn12. The highest BCUT2D eigenvalue weighted by Crippen LogP contribution is 2.35. The molecule has 0 bridgehead atoms. The molecule has 6 aromatic rings. The van der Waals surface area contributed by atoms with Gasteiger partial charge >= 0.3 is 5.63 Å². The van der Waals surface area contributed by atoms with Gasteiger partial charge in [-0.1, -0.05) is 60.1 Å². The molecule has 0 aliphatic rings. The first-order valence-corrected chi connectivity index (χ1v) is 11.2. The largest absolute Gasteiger partial charge is 0.422 e. The number of aromatic nitrogens is 3. The van der Waals surface area contributed by atoms with E-state index in [1.165, 1.54) is 0 Å². The highest BCUT2D eigenvalue weighted by Gasteiger charge is 2.20. The molecule has 0 atom stereocenters. The standard InChI is InChI=1S/C27H16ClN5O2/c28-19-10-12-20(13-11-19)30-31-25-24(17-6-2-1-3-7-17)32-33-22(14-15-29-26(25)33)21-16-18-8-4-5-9-23(18)35-27(21)34/h1-16H. The summed E-state index contributed by atoms with van der Waals surface area (Å²) in [4.78, 5) is 17.4. The topological polar surface area (TPSA) is 85.1 Å². The predicted molar refractivity (Wildman–Crippen MR) is 136 cm³/mol. The fraction of sp³-hybridized carbons (Fsp3) is 0. The van der Waals surface area contributed by atoms with Crippen molar-refractivity contribution in [3.05, 3.63) is 113 Å². The number of para-hydroxylation sites is 1. The molecule has 0 aliphatic carbocycles. The molecule has 0 saturated carbocycles. The number of rotatable bonds is 4. The Balaban J connectivity index is 1.59. The van der Waals surface area contributed by atoms with Crippen molar-refractivity contribution in [1.29, 1.82) is 0 Å². The summed E-state index contributed by atoms with van der Waals surface area (Å²) < 4.78 is 7.17. The Morgan fingerprint density at radius 1 is 0.857 bits per heavy atom. The number of fused-ring (bicyclic) bond motifs is 2. The Hall–Kier alpha value is -4.62. The molecule has 168 valence electrons. The van der Waals surface area contributed by atoms with Gasteiger partial charge in [-0.2, -0.15) is 10.2 Å². The van der Waals surface area contributed by atoms with Crippen LogP contribution in [0.5, 0.6) is 0 Å². The lowest BCUT2D eigenvalue weighted by molar-refractivity contribution is 0.563. The molecular weight excluding hydrogens is 462 g/mol.